The maximum Gasteiger partial charge on any atom is 0.408 e. The van der Waals surface area contributed by atoms with Gasteiger partial charge in [0.05, 0.1) is 0 Å². The summed E-state index contributed by atoms with van der Waals surface area (Å²) in [5.41, 5.74) is -0.624. The van der Waals surface area contributed by atoms with Crippen LogP contribution in [-0.4, -0.2) is 23.0 Å². The van der Waals surface area contributed by atoms with Gasteiger partial charge in [0.2, 0.25) is 0 Å². The van der Waals surface area contributed by atoms with E-state index in [1.807, 2.05) is 20.8 Å². The highest BCUT2D eigenvalue weighted by Crippen LogP contribution is 2.47. The molecule has 2 aliphatic rings. The third-order valence-corrected chi connectivity index (χ3v) is 3.80. The van der Waals surface area contributed by atoms with Crippen molar-refractivity contribution in [3.8, 4) is 0 Å². The summed E-state index contributed by atoms with van der Waals surface area (Å²) >= 11 is 0. The summed E-state index contributed by atoms with van der Waals surface area (Å²) < 4.78 is 5.30. The van der Waals surface area contributed by atoms with Gasteiger partial charge in [-0.15, -0.1) is 0 Å². The van der Waals surface area contributed by atoms with Crippen LogP contribution in [0, 0.1) is 5.92 Å². The van der Waals surface area contributed by atoms with Crippen LogP contribution in [0.3, 0.4) is 0 Å². The third-order valence-electron chi connectivity index (χ3n) is 3.80. The van der Waals surface area contributed by atoms with Crippen LogP contribution in [0.15, 0.2) is 0 Å². The smallest absolute Gasteiger partial charge is 0.408 e. The van der Waals surface area contributed by atoms with E-state index in [0.717, 1.165) is 25.7 Å². The predicted molar refractivity (Wildman–Crippen MR) is 68.3 cm³/mol. The standard InChI is InChI=1S/C14H23NO3/c1-13(2,3)18-12(17)15-14(7-8-14)10-5-4-6-11(16)9-10/h10H,4-9H2,1-3H3,(H,15,17). The molecule has 0 aromatic heterocycles. The quantitative estimate of drug-likeness (QED) is 0.823. The minimum absolute atomic E-state index is 0.154. The highest BCUT2D eigenvalue weighted by Gasteiger charge is 2.51. The monoisotopic (exact) mass is 253 g/mol. The number of hydrogen-bond acceptors (Lipinski definition) is 3. The molecule has 0 radical (unpaired) electrons. The number of ketones is 1. The van der Waals surface area contributed by atoms with Crippen LogP contribution >= 0.6 is 0 Å². The van der Waals surface area contributed by atoms with Gasteiger partial charge in [-0.3, -0.25) is 4.79 Å². The van der Waals surface area contributed by atoms with Gasteiger partial charge in [-0.1, -0.05) is 0 Å². The van der Waals surface area contributed by atoms with E-state index in [1.165, 1.54) is 0 Å². The number of carbonyl (C=O) groups excluding carboxylic acids is 2. The first kappa shape index (κ1) is 13.4. The normalized spacial score (nSPS) is 26.6. The van der Waals surface area contributed by atoms with Gasteiger partial charge in [-0.05, 0) is 52.4 Å². The summed E-state index contributed by atoms with van der Waals surface area (Å²) in [5, 5.41) is 3.00. The molecule has 1 amide bonds. The Labute approximate surface area is 108 Å². The molecule has 2 rings (SSSR count). The highest BCUT2D eigenvalue weighted by molar-refractivity contribution is 5.80. The number of nitrogens with one attached hydrogen (secondary N) is 1. The number of Topliss-reactive ketones (excluding diaryl/α,β-unsaturated/α-hetero) is 1. The number of rotatable bonds is 2. The van der Waals surface area contributed by atoms with E-state index in [9.17, 15) is 9.59 Å². The number of amides is 1. The Kier molecular flexibility index (Phi) is 3.39. The molecule has 0 saturated heterocycles. The zero-order chi connectivity index (χ0) is 13.4. The van der Waals surface area contributed by atoms with E-state index >= 15 is 0 Å². The molecule has 1 unspecified atom stereocenters. The molecule has 0 aromatic rings. The molecule has 4 heteroatoms. The molecule has 102 valence electrons. The Morgan fingerprint density at radius 2 is 2.06 bits per heavy atom. The van der Waals surface area contributed by atoms with E-state index in [4.69, 9.17) is 4.74 Å². The van der Waals surface area contributed by atoms with Gasteiger partial charge in [0.1, 0.15) is 11.4 Å². The predicted octanol–water partition coefficient (Wildman–Crippen LogP) is 2.80. The van der Waals surface area contributed by atoms with Gasteiger partial charge in [-0.25, -0.2) is 4.79 Å². The van der Waals surface area contributed by atoms with Gasteiger partial charge in [-0.2, -0.15) is 0 Å². The lowest BCUT2D eigenvalue weighted by Gasteiger charge is -2.31. The first-order valence-corrected chi connectivity index (χ1v) is 6.84. The molecular formula is C14H23NO3. The van der Waals surface area contributed by atoms with Gasteiger partial charge in [0, 0.05) is 18.4 Å². The summed E-state index contributed by atoms with van der Waals surface area (Å²) in [5.74, 6) is 0.648. The van der Waals surface area contributed by atoms with Crippen molar-refractivity contribution < 1.29 is 14.3 Å². The lowest BCUT2D eigenvalue weighted by atomic mass is 9.81. The summed E-state index contributed by atoms with van der Waals surface area (Å²) in [6, 6.07) is 0. The van der Waals surface area contributed by atoms with Crippen LogP contribution in [0.5, 0.6) is 0 Å². The number of ether oxygens (including phenoxy) is 1. The van der Waals surface area contributed by atoms with Crippen molar-refractivity contribution in [2.45, 2.75) is 70.4 Å². The van der Waals surface area contributed by atoms with E-state index in [1.54, 1.807) is 0 Å². The van der Waals surface area contributed by atoms with Gasteiger partial charge in [0.15, 0.2) is 0 Å². The second-order valence-corrected chi connectivity index (χ2v) is 6.61. The molecule has 0 aromatic carbocycles. The van der Waals surface area contributed by atoms with Crippen LogP contribution in [-0.2, 0) is 9.53 Å². The summed E-state index contributed by atoms with van der Waals surface area (Å²) in [6.07, 6.45) is 4.93. The van der Waals surface area contributed by atoms with Crippen LogP contribution in [0.1, 0.15) is 59.3 Å². The van der Waals surface area contributed by atoms with E-state index < -0.39 is 5.60 Å². The molecule has 18 heavy (non-hydrogen) atoms. The lowest BCUT2D eigenvalue weighted by molar-refractivity contribution is -0.122. The molecule has 1 N–H and O–H groups in total. The SMILES string of the molecule is CC(C)(C)OC(=O)NC1(C2CCCC(=O)C2)CC1. The maximum absolute atomic E-state index is 11.8. The van der Waals surface area contributed by atoms with Gasteiger partial charge < -0.3 is 10.1 Å². The van der Waals surface area contributed by atoms with Crippen molar-refractivity contribution in [2.24, 2.45) is 5.92 Å². The fraction of sp³-hybridized carbons (Fsp3) is 0.857. The van der Waals surface area contributed by atoms with Crippen LogP contribution in [0.4, 0.5) is 4.79 Å². The zero-order valence-electron chi connectivity index (χ0n) is 11.5. The average molecular weight is 253 g/mol. The Balaban J connectivity index is 1.91. The number of hydrogen-bond donors (Lipinski definition) is 1. The topological polar surface area (TPSA) is 55.4 Å². The molecule has 1 atom stereocenters. The van der Waals surface area contributed by atoms with Crippen LogP contribution in [0.25, 0.3) is 0 Å². The first-order chi connectivity index (χ1) is 8.31. The van der Waals surface area contributed by atoms with E-state index in [2.05, 4.69) is 5.32 Å². The molecule has 0 spiro atoms. The van der Waals surface area contributed by atoms with Crippen molar-refractivity contribution in [3.05, 3.63) is 0 Å². The highest BCUT2D eigenvalue weighted by atomic mass is 16.6. The van der Waals surface area contributed by atoms with E-state index in [0.29, 0.717) is 24.5 Å². The maximum atomic E-state index is 11.8. The van der Waals surface area contributed by atoms with Crippen LogP contribution < -0.4 is 5.32 Å². The minimum Gasteiger partial charge on any atom is -0.444 e. The Hall–Kier alpha value is -1.06. The Morgan fingerprint density at radius 1 is 1.39 bits per heavy atom. The molecule has 0 aliphatic heterocycles. The fourth-order valence-corrected chi connectivity index (χ4v) is 2.77. The Morgan fingerprint density at radius 3 is 2.56 bits per heavy atom. The second kappa shape index (κ2) is 4.56. The Bertz CT molecular complexity index is 353. The van der Waals surface area contributed by atoms with E-state index in [-0.39, 0.29) is 11.6 Å². The summed E-state index contributed by atoms with van der Waals surface area (Å²) in [7, 11) is 0. The van der Waals surface area contributed by atoms with Crippen molar-refractivity contribution in [1.29, 1.82) is 0 Å². The van der Waals surface area contributed by atoms with Crippen molar-refractivity contribution >= 4 is 11.9 Å². The molecule has 0 bridgehead atoms. The molecule has 2 aliphatic carbocycles. The average Bonchev–Trinajstić information content (AvgIpc) is 2.95. The fourth-order valence-electron chi connectivity index (χ4n) is 2.77. The van der Waals surface area contributed by atoms with Crippen molar-refractivity contribution in [3.63, 3.8) is 0 Å². The number of alkyl carbamates (subject to hydrolysis) is 1. The molecule has 0 heterocycles. The number of carbonyl (C=O) groups is 2. The van der Waals surface area contributed by atoms with Gasteiger partial charge in [0.25, 0.3) is 0 Å². The molecule has 4 nitrogen and oxygen atoms in total. The summed E-state index contributed by atoms with van der Waals surface area (Å²) in [4.78, 5) is 23.3. The second-order valence-electron chi connectivity index (χ2n) is 6.61. The first-order valence-electron chi connectivity index (χ1n) is 6.84. The largest absolute Gasteiger partial charge is 0.444 e. The van der Waals surface area contributed by atoms with Crippen molar-refractivity contribution in [1.82, 2.24) is 5.32 Å². The van der Waals surface area contributed by atoms with Crippen molar-refractivity contribution in [2.75, 3.05) is 0 Å². The van der Waals surface area contributed by atoms with Crippen LogP contribution in [0.2, 0.25) is 0 Å². The third kappa shape index (κ3) is 3.24. The molecular weight excluding hydrogens is 230 g/mol. The van der Waals surface area contributed by atoms with Gasteiger partial charge >= 0.3 is 6.09 Å². The minimum atomic E-state index is -0.470. The summed E-state index contributed by atoms with van der Waals surface area (Å²) in [6.45, 7) is 5.57. The zero-order valence-corrected chi connectivity index (χ0v) is 11.5. The molecule has 2 fully saturated rings. The molecule has 2 saturated carbocycles. The lowest BCUT2D eigenvalue weighted by Crippen LogP contribution is -2.46.